The third-order valence-electron chi connectivity index (χ3n) is 1.95. The molecule has 1 atom stereocenters. The minimum absolute atomic E-state index is 0.269. The van der Waals surface area contributed by atoms with Gasteiger partial charge >= 0.3 is 5.97 Å². The fraction of sp³-hybridized carbons (Fsp3) is 0.500. The summed E-state index contributed by atoms with van der Waals surface area (Å²) in [5.41, 5.74) is 0.637. The van der Waals surface area contributed by atoms with Crippen molar-refractivity contribution in [2.75, 3.05) is 6.61 Å². The number of carbonyl (C=O) groups excluding carboxylic acids is 1. The minimum Gasteiger partial charge on any atom is -0.465 e. The Bertz CT molecular complexity index is 381. The van der Waals surface area contributed by atoms with E-state index in [9.17, 15) is 4.79 Å². The summed E-state index contributed by atoms with van der Waals surface area (Å²) in [5.74, 6) is -0.613. The highest BCUT2D eigenvalue weighted by Gasteiger charge is 2.22. The molecule has 80 valence electrons. The third-order valence-corrected chi connectivity index (χ3v) is 2.72. The van der Waals surface area contributed by atoms with E-state index in [-0.39, 0.29) is 11.9 Å². The number of rotatable bonds is 4. The molecule has 0 aliphatic carbocycles. The van der Waals surface area contributed by atoms with Crippen LogP contribution in [-0.2, 0) is 9.53 Å². The third kappa shape index (κ3) is 2.77. The molecule has 0 N–H and O–H groups in total. The number of carbonyl (C=O) groups is 1. The fourth-order valence-corrected chi connectivity index (χ4v) is 1.90. The lowest BCUT2D eigenvalue weighted by Gasteiger charge is -2.10. The highest BCUT2D eigenvalue weighted by molar-refractivity contribution is 7.10. The Morgan fingerprint density at radius 2 is 2.47 bits per heavy atom. The molecule has 4 nitrogen and oxygen atoms in total. The molecule has 0 saturated carbocycles. The molecule has 1 aromatic heterocycles. The summed E-state index contributed by atoms with van der Waals surface area (Å²) in [6, 6.07) is 1.95. The summed E-state index contributed by atoms with van der Waals surface area (Å²) in [5, 5.41) is 10.8. The van der Waals surface area contributed by atoms with E-state index < -0.39 is 0 Å². The SMILES string of the molecule is CCOC(=O)C(CC)c1csc(C#N)n1. The van der Waals surface area contributed by atoms with E-state index in [2.05, 4.69) is 4.98 Å². The highest BCUT2D eigenvalue weighted by atomic mass is 32.1. The van der Waals surface area contributed by atoms with E-state index in [0.29, 0.717) is 23.7 Å². The van der Waals surface area contributed by atoms with Crippen LogP contribution in [-0.4, -0.2) is 17.6 Å². The molecular weight excluding hydrogens is 212 g/mol. The van der Waals surface area contributed by atoms with Crippen LogP contribution in [0.5, 0.6) is 0 Å². The van der Waals surface area contributed by atoms with Crippen LogP contribution in [0.2, 0.25) is 0 Å². The number of esters is 1. The van der Waals surface area contributed by atoms with Gasteiger partial charge in [0.1, 0.15) is 6.07 Å². The van der Waals surface area contributed by atoms with Gasteiger partial charge in [0, 0.05) is 5.38 Å². The van der Waals surface area contributed by atoms with Crippen LogP contribution < -0.4 is 0 Å². The number of ether oxygens (including phenoxy) is 1. The zero-order valence-corrected chi connectivity index (χ0v) is 9.50. The number of aromatic nitrogens is 1. The molecule has 0 saturated heterocycles. The van der Waals surface area contributed by atoms with Gasteiger partial charge in [-0.3, -0.25) is 4.79 Å². The van der Waals surface area contributed by atoms with Crippen molar-refractivity contribution in [3.05, 3.63) is 16.1 Å². The summed E-state index contributed by atoms with van der Waals surface area (Å²) >= 11 is 1.25. The standard InChI is InChI=1S/C10H12N2O2S/c1-3-7(10(13)14-4-2)8-6-15-9(5-11)12-8/h6-7H,3-4H2,1-2H3. The molecule has 5 heteroatoms. The van der Waals surface area contributed by atoms with Crippen LogP contribution in [0.4, 0.5) is 0 Å². The molecule has 0 fully saturated rings. The number of nitrogens with zero attached hydrogens (tertiary/aromatic N) is 2. The molecule has 0 aromatic carbocycles. The Labute approximate surface area is 92.5 Å². The fourth-order valence-electron chi connectivity index (χ4n) is 1.24. The minimum atomic E-state index is -0.344. The summed E-state index contributed by atoms with van der Waals surface area (Å²) in [6.07, 6.45) is 0.632. The lowest BCUT2D eigenvalue weighted by molar-refractivity contribution is -0.145. The average Bonchev–Trinajstić information content (AvgIpc) is 2.68. The molecule has 0 spiro atoms. The Morgan fingerprint density at radius 1 is 1.73 bits per heavy atom. The first-order valence-corrected chi connectivity index (χ1v) is 5.63. The van der Waals surface area contributed by atoms with Gasteiger partial charge in [-0.1, -0.05) is 6.92 Å². The van der Waals surface area contributed by atoms with Crippen molar-refractivity contribution < 1.29 is 9.53 Å². The molecule has 1 rings (SSSR count). The van der Waals surface area contributed by atoms with Crippen molar-refractivity contribution in [1.82, 2.24) is 4.98 Å². The van der Waals surface area contributed by atoms with Crippen molar-refractivity contribution >= 4 is 17.3 Å². The van der Waals surface area contributed by atoms with E-state index in [1.165, 1.54) is 11.3 Å². The van der Waals surface area contributed by atoms with Crippen LogP contribution in [0.15, 0.2) is 5.38 Å². The molecular formula is C10H12N2O2S. The van der Waals surface area contributed by atoms with Gasteiger partial charge in [0.05, 0.1) is 18.2 Å². The number of thiazole rings is 1. The molecule has 0 aliphatic heterocycles. The second-order valence-electron chi connectivity index (χ2n) is 2.90. The van der Waals surface area contributed by atoms with Crippen LogP contribution in [0, 0.1) is 11.3 Å². The van der Waals surface area contributed by atoms with Gasteiger partial charge in [-0.2, -0.15) is 5.26 Å². The zero-order chi connectivity index (χ0) is 11.3. The summed E-state index contributed by atoms with van der Waals surface area (Å²) in [4.78, 5) is 15.6. The molecule has 0 aliphatic rings. The second-order valence-corrected chi connectivity index (χ2v) is 3.76. The largest absolute Gasteiger partial charge is 0.465 e. The van der Waals surface area contributed by atoms with Crippen LogP contribution in [0.25, 0.3) is 0 Å². The van der Waals surface area contributed by atoms with Gasteiger partial charge in [0.15, 0.2) is 5.01 Å². The van der Waals surface area contributed by atoms with Gasteiger partial charge in [-0.05, 0) is 13.3 Å². The first-order valence-electron chi connectivity index (χ1n) is 4.75. The van der Waals surface area contributed by atoms with Crippen LogP contribution in [0.1, 0.15) is 36.9 Å². The van der Waals surface area contributed by atoms with Crippen molar-refractivity contribution in [2.45, 2.75) is 26.2 Å². The molecule has 1 heterocycles. The quantitative estimate of drug-likeness (QED) is 0.734. The van der Waals surface area contributed by atoms with Crippen molar-refractivity contribution in [3.8, 4) is 6.07 Å². The van der Waals surface area contributed by atoms with Gasteiger partial charge in [0.25, 0.3) is 0 Å². The topological polar surface area (TPSA) is 63.0 Å². The molecule has 1 unspecified atom stereocenters. The maximum absolute atomic E-state index is 11.5. The Balaban J connectivity index is 2.83. The normalized spacial score (nSPS) is 11.8. The highest BCUT2D eigenvalue weighted by Crippen LogP contribution is 2.22. The zero-order valence-electron chi connectivity index (χ0n) is 8.69. The van der Waals surface area contributed by atoms with Crippen molar-refractivity contribution in [2.24, 2.45) is 0 Å². The number of nitriles is 1. The van der Waals surface area contributed by atoms with E-state index in [4.69, 9.17) is 10.00 Å². The summed E-state index contributed by atoms with van der Waals surface area (Å²) < 4.78 is 4.94. The van der Waals surface area contributed by atoms with Gasteiger partial charge in [-0.15, -0.1) is 11.3 Å². The van der Waals surface area contributed by atoms with E-state index in [1.54, 1.807) is 12.3 Å². The molecule has 0 radical (unpaired) electrons. The van der Waals surface area contributed by atoms with E-state index in [0.717, 1.165) is 0 Å². The molecule has 0 bridgehead atoms. The number of hydrogen-bond donors (Lipinski definition) is 0. The lowest BCUT2D eigenvalue weighted by atomic mass is 10.0. The Morgan fingerprint density at radius 3 is 2.93 bits per heavy atom. The molecule has 15 heavy (non-hydrogen) atoms. The predicted molar refractivity (Wildman–Crippen MR) is 56.5 cm³/mol. The average molecular weight is 224 g/mol. The smallest absolute Gasteiger partial charge is 0.315 e. The predicted octanol–water partition coefficient (Wildman–Crippen LogP) is 2.07. The van der Waals surface area contributed by atoms with Gasteiger partial charge in [0.2, 0.25) is 0 Å². The van der Waals surface area contributed by atoms with Gasteiger partial charge < -0.3 is 4.74 Å². The first kappa shape index (κ1) is 11.7. The van der Waals surface area contributed by atoms with Crippen molar-refractivity contribution in [1.29, 1.82) is 5.26 Å². The summed E-state index contributed by atoms with van der Waals surface area (Å²) in [6.45, 7) is 4.03. The monoisotopic (exact) mass is 224 g/mol. The Kier molecular flexibility index (Phi) is 4.25. The molecule has 0 amide bonds. The first-order chi connectivity index (χ1) is 7.22. The van der Waals surface area contributed by atoms with Crippen molar-refractivity contribution in [3.63, 3.8) is 0 Å². The maximum atomic E-state index is 11.5. The lowest BCUT2D eigenvalue weighted by Crippen LogP contribution is -2.15. The van der Waals surface area contributed by atoms with Crippen LogP contribution >= 0.6 is 11.3 Å². The maximum Gasteiger partial charge on any atom is 0.315 e. The summed E-state index contributed by atoms with van der Waals surface area (Å²) in [7, 11) is 0. The van der Waals surface area contributed by atoms with Gasteiger partial charge in [-0.25, -0.2) is 4.98 Å². The van der Waals surface area contributed by atoms with Crippen LogP contribution in [0.3, 0.4) is 0 Å². The second kappa shape index (κ2) is 5.47. The van der Waals surface area contributed by atoms with E-state index >= 15 is 0 Å². The number of hydrogen-bond acceptors (Lipinski definition) is 5. The Hall–Kier alpha value is -1.41. The van der Waals surface area contributed by atoms with E-state index in [1.807, 2.05) is 13.0 Å². The molecule has 1 aromatic rings.